The summed E-state index contributed by atoms with van der Waals surface area (Å²) in [5, 5.41) is 2.25. The molecule has 3 rings (SSSR count). The molecule has 0 bridgehead atoms. The van der Waals surface area contributed by atoms with E-state index in [0.29, 0.717) is 5.92 Å². The lowest BCUT2D eigenvalue weighted by molar-refractivity contribution is -0.389. The summed E-state index contributed by atoms with van der Waals surface area (Å²) in [6.07, 6.45) is 4.20. The minimum Gasteiger partial charge on any atom is -0.494 e. The molecule has 0 unspecified atom stereocenters. The number of hydrogen-bond donors (Lipinski definition) is 0. The van der Waals surface area contributed by atoms with Crippen LogP contribution < -0.4 is 9.72 Å². The van der Waals surface area contributed by atoms with Crippen LogP contribution in [0.1, 0.15) is 45.2 Å². The lowest BCUT2D eigenvalue weighted by Gasteiger charge is -2.12. The smallest absolute Gasteiger partial charge is 0.190 e. The molecule has 2 aromatic carbocycles. The topological polar surface area (TPSA) is 23.4 Å². The van der Waals surface area contributed by atoms with Gasteiger partial charge in [0.15, 0.2) is 11.9 Å². The van der Waals surface area contributed by atoms with Gasteiger partial charge in [-0.1, -0.05) is 39.3 Å². The fourth-order valence-corrected chi connectivity index (χ4v) is 3.07. The first-order valence-corrected chi connectivity index (χ1v) is 8.97. The molecule has 0 saturated heterocycles. The number of pyridine rings is 1. The summed E-state index contributed by atoms with van der Waals surface area (Å²) in [6.45, 7) is 7.21. The predicted molar refractivity (Wildman–Crippen MR) is 100 cm³/mol. The number of nitrogens with one attached hydrogen (secondary N) is 1. The molecule has 0 spiro atoms. The molecule has 25 heavy (non-hydrogen) atoms. The third kappa shape index (κ3) is 3.81. The molecule has 0 aliphatic rings. The summed E-state index contributed by atoms with van der Waals surface area (Å²) in [7, 11) is 0. The van der Waals surface area contributed by atoms with Gasteiger partial charge >= 0.3 is 0 Å². The lowest BCUT2D eigenvalue weighted by atomic mass is 9.93. The third-order valence-electron chi connectivity index (χ3n) is 4.42. The van der Waals surface area contributed by atoms with Gasteiger partial charge in [0.05, 0.1) is 12.2 Å². The van der Waals surface area contributed by atoms with E-state index in [0.717, 1.165) is 52.8 Å². The number of unbranched alkanes of at least 4 members (excludes halogenated alkanes) is 1. The van der Waals surface area contributed by atoms with Gasteiger partial charge in [0.25, 0.3) is 0 Å². The standard InChI is InChI=1S/C22H24FNO/c1-4-5-12-25-19-10-11-20-17(13-19)14-24-22(15(2)3)21(20)16-6-8-18(23)9-7-16/h6-11,13-15H,4-5,12H2,1-3H3/p+1. The molecule has 0 radical (unpaired) electrons. The number of aromatic nitrogens is 1. The summed E-state index contributed by atoms with van der Waals surface area (Å²) >= 11 is 0. The molecule has 0 saturated carbocycles. The number of halogens is 1. The van der Waals surface area contributed by atoms with E-state index in [2.05, 4.69) is 37.9 Å². The second-order valence-electron chi connectivity index (χ2n) is 6.69. The third-order valence-corrected chi connectivity index (χ3v) is 4.42. The fourth-order valence-electron chi connectivity index (χ4n) is 3.07. The first-order chi connectivity index (χ1) is 12.1. The maximum atomic E-state index is 13.4. The minimum absolute atomic E-state index is 0.217. The van der Waals surface area contributed by atoms with Crippen LogP contribution in [0.3, 0.4) is 0 Å². The van der Waals surface area contributed by atoms with Crippen LogP contribution in [0.15, 0.2) is 48.7 Å². The number of aromatic amines is 1. The molecular weight excluding hydrogens is 313 g/mol. The molecular formula is C22H25FNO+. The summed E-state index contributed by atoms with van der Waals surface area (Å²) in [4.78, 5) is 3.44. The van der Waals surface area contributed by atoms with Crippen molar-refractivity contribution in [3.05, 3.63) is 60.2 Å². The maximum absolute atomic E-state index is 13.4. The Kier molecular flexibility index (Phi) is 5.32. The molecule has 1 aromatic heterocycles. The van der Waals surface area contributed by atoms with Gasteiger partial charge in [-0.2, -0.15) is 0 Å². The molecule has 0 aliphatic heterocycles. The van der Waals surface area contributed by atoms with Crippen LogP contribution in [0.4, 0.5) is 4.39 Å². The number of ether oxygens (including phenoxy) is 1. The van der Waals surface area contributed by atoms with Crippen LogP contribution in [0.25, 0.3) is 21.9 Å². The van der Waals surface area contributed by atoms with Crippen molar-refractivity contribution < 1.29 is 14.1 Å². The van der Waals surface area contributed by atoms with Crippen LogP contribution >= 0.6 is 0 Å². The van der Waals surface area contributed by atoms with Crippen molar-refractivity contribution in [2.24, 2.45) is 0 Å². The Morgan fingerprint density at radius 3 is 2.52 bits per heavy atom. The molecule has 2 nitrogen and oxygen atoms in total. The Morgan fingerprint density at radius 2 is 1.84 bits per heavy atom. The number of fused-ring (bicyclic) bond motifs is 1. The number of rotatable bonds is 6. The molecule has 130 valence electrons. The zero-order valence-electron chi connectivity index (χ0n) is 15.1. The first-order valence-electron chi connectivity index (χ1n) is 8.97. The van der Waals surface area contributed by atoms with Crippen molar-refractivity contribution in [2.45, 2.75) is 39.5 Å². The van der Waals surface area contributed by atoms with E-state index in [1.165, 1.54) is 12.1 Å². The van der Waals surface area contributed by atoms with Gasteiger partial charge < -0.3 is 4.74 Å². The quantitative estimate of drug-likeness (QED) is 0.524. The van der Waals surface area contributed by atoms with Gasteiger partial charge in [-0.25, -0.2) is 9.37 Å². The highest BCUT2D eigenvalue weighted by molar-refractivity contribution is 5.97. The van der Waals surface area contributed by atoms with Crippen molar-refractivity contribution in [2.75, 3.05) is 6.61 Å². The molecule has 0 atom stereocenters. The number of H-pyrrole nitrogens is 1. The molecule has 1 N–H and O–H groups in total. The molecule has 3 aromatic rings. The first kappa shape index (κ1) is 17.4. The van der Waals surface area contributed by atoms with E-state index < -0.39 is 0 Å². The Bertz CT molecular complexity index is 856. The summed E-state index contributed by atoms with van der Waals surface area (Å²) in [5.41, 5.74) is 3.30. The Balaban J connectivity index is 2.11. The van der Waals surface area contributed by atoms with Crippen molar-refractivity contribution in [1.29, 1.82) is 0 Å². The maximum Gasteiger partial charge on any atom is 0.190 e. The van der Waals surface area contributed by atoms with Crippen LogP contribution in [0, 0.1) is 5.82 Å². The van der Waals surface area contributed by atoms with E-state index in [-0.39, 0.29) is 5.82 Å². The molecule has 1 heterocycles. The lowest BCUT2D eigenvalue weighted by Crippen LogP contribution is -2.14. The summed E-state index contributed by atoms with van der Waals surface area (Å²) in [5.74, 6) is 1.01. The van der Waals surface area contributed by atoms with E-state index in [4.69, 9.17) is 4.74 Å². The van der Waals surface area contributed by atoms with E-state index in [1.807, 2.05) is 24.4 Å². The van der Waals surface area contributed by atoms with Gasteiger partial charge in [-0.15, -0.1) is 0 Å². The Hall–Kier alpha value is -2.42. The summed E-state index contributed by atoms with van der Waals surface area (Å²) < 4.78 is 19.2. The molecule has 0 fully saturated rings. The number of benzene rings is 2. The Labute approximate surface area is 148 Å². The van der Waals surface area contributed by atoms with Crippen LogP contribution in [-0.4, -0.2) is 6.61 Å². The van der Waals surface area contributed by atoms with Gasteiger partial charge in [-0.05, 0) is 42.3 Å². The predicted octanol–water partition coefficient (Wildman–Crippen LogP) is 5.76. The van der Waals surface area contributed by atoms with E-state index >= 15 is 0 Å². The minimum atomic E-state index is -0.217. The van der Waals surface area contributed by atoms with Crippen molar-refractivity contribution >= 4 is 10.8 Å². The van der Waals surface area contributed by atoms with Gasteiger partial charge in [0, 0.05) is 16.7 Å². The van der Waals surface area contributed by atoms with Crippen LogP contribution in [0.2, 0.25) is 0 Å². The molecule has 3 heteroatoms. The fraction of sp³-hybridized carbons (Fsp3) is 0.318. The number of hydrogen-bond acceptors (Lipinski definition) is 1. The summed E-state index contributed by atoms with van der Waals surface area (Å²) in [6, 6.07) is 12.9. The average molecular weight is 338 g/mol. The highest BCUT2D eigenvalue weighted by Crippen LogP contribution is 2.34. The second kappa shape index (κ2) is 7.64. The van der Waals surface area contributed by atoms with Gasteiger partial charge in [0.2, 0.25) is 0 Å². The van der Waals surface area contributed by atoms with Crippen LogP contribution in [0.5, 0.6) is 5.75 Å². The average Bonchev–Trinajstić information content (AvgIpc) is 2.61. The molecule has 0 aliphatic carbocycles. The highest BCUT2D eigenvalue weighted by atomic mass is 19.1. The zero-order valence-corrected chi connectivity index (χ0v) is 15.1. The second-order valence-corrected chi connectivity index (χ2v) is 6.69. The monoisotopic (exact) mass is 338 g/mol. The zero-order chi connectivity index (χ0) is 17.8. The van der Waals surface area contributed by atoms with Gasteiger partial charge in [-0.3, -0.25) is 0 Å². The van der Waals surface area contributed by atoms with Crippen molar-refractivity contribution in [1.82, 2.24) is 0 Å². The van der Waals surface area contributed by atoms with E-state index in [9.17, 15) is 4.39 Å². The highest BCUT2D eigenvalue weighted by Gasteiger charge is 2.19. The SMILES string of the molecule is CCCCOc1ccc2c(-c3ccc(F)cc3)c(C(C)C)[nH+]cc2c1. The largest absolute Gasteiger partial charge is 0.494 e. The van der Waals surface area contributed by atoms with E-state index in [1.54, 1.807) is 0 Å². The van der Waals surface area contributed by atoms with Crippen molar-refractivity contribution in [3.63, 3.8) is 0 Å². The normalized spacial score (nSPS) is 11.2. The van der Waals surface area contributed by atoms with Gasteiger partial charge in [0.1, 0.15) is 11.6 Å². The molecule has 0 amide bonds. The van der Waals surface area contributed by atoms with Crippen molar-refractivity contribution in [3.8, 4) is 16.9 Å². The van der Waals surface area contributed by atoms with Crippen LogP contribution in [-0.2, 0) is 0 Å². The Morgan fingerprint density at radius 1 is 1.08 bits per heavy atom.